The van der Waals surface area contributed by atoms with Crippen LogP contribution < -0.4 is 10.6 Å². The molecule has 0 aromatic carbocycles. The zero-order chi connectivity index (χ0) is 16.5. The molecular formula is C17H31N5O. The van der Waals surface area contributed by atoms with Crippen LogP contribution in [-0.4, -0.2) is 48.7 Å². The van der Waals surface area contributed by atoms with Gasteiger partial charge in [-0.05, 0) is 39.2 Å². The van der Waals surface area contributed by atoms with Gasteiger partial charge in [-0.1, -0.05) is 18.5 Å². The van der Waals surface area contributed by atoms with Crippen LogP contribution in [0.4, 0.5) is 0 Å². The van der Waals surface area contributed by atoms with Gasteiger partial charge < -0.3 is 20.1 Å². The predicted molar refractivity (Wildman–Crippen MR) is 93.6 cm³/mol. The predicted octanol–water partition coefficient (Wildman–Crippen LogP) is 2.17. The summed E-state index contributed by atoms with van der Waals surface area (Å²) in [5, 5.41) is 10.6. The van der Waals surface area contributed by atoms with Crippen molar-refractivity contribution in [1.29, 1.82) is 0 Å². The second kappa shape index (κ2) is 9.55. The van der Waals surface area contributed by atoms with Gasteiger partial charge in [0.25, 0.3) is 0 Å². The van der Waals surface area contributed by atoms with E-state index in [1.54, 1.807) is 7.05 Å². The van der Waals surface area contributed by atoms with Crippen LogP contribution in [0.15, 0.2) is 15.6 Å². The molecular weight excluding hydrogens is 290 g/mol. The summed E-state index contributed by atoms with van der Waals surface area (Å²) in [6.07, 6.45) is 6.10. The lowest BCUT2D eigenvalue weighted by Gasteiger charge is -2.33. The van der Waals surface area contributed by atoms with Crippen molar-refractivity contribution in [3.8, 4) is 0 Å². The topological polar surface area (TPSA) is 65.7 Å². The van der Waals surface area contributed by atoms with Crippen molar-refractivity contribution in [2.24, 2.45) is 4.99 Å². The van der Waals surface area contributed by atoms with Crippen molar-refractivity contribution in [3.05, 3.63) is 17.5 Å². The van der Waals surface area contributed by atoms with Crippen molar-refractivity contribution in [3.63, 3.8) is 0 Å². The SMILES string of the molecule is CCc1cc(CNC(=NC)NCCCN2CCCCC2C)on1. The van der Waals surface area contributed by atoms with Gasteiger partial charge in [-0.2, -0.15) is 0 Å². The Morgan fingerprint density at radius 1 is 1.43 bits per heavy atom. The molecule has 0 amide bonds. The Hall–Kier alpha value is -1.56. The van der Waals surface area contributed by atoms with Crippen LogP contribution in [0, 0.1) is 0 Å². The summed E-state index contributed by atoms with van der Waals surface area (Å²) < 4.78 is 5.27. The Labute approximate surface area is 139 Å². The molecule has 2 heterocycles. The molecule has 0 aliphatic carbocycles. The molecule has 6 heteroatoms. The van der Waals surface area contributed by atoms with E-state index in [4.69, 9.17) is 4.52 Å². The zero-order valence-electron chi connectivity index (χ0n) is 14.8. The first-order valence-corrected chi connectivity index (χ1v) is 8.86. The monoisotopic (exact) mass is 321 g/mol. The molecule has 23 heavy (non-hydrogen) atoms. The van der Waals surface area contributed by atoms with E-state index >= 15 is 0 Å². The van der Waals surface area contributed by atoms with Crippen LogP contribution in [0.2, 0.25) is 0 Å². The minimum Gasteiger partial charge on any atom is -0.359 e. The largest absolute Gasteiger partial charge is 0.359 e. The number of aromatic nitrogens is 1. The lowest BCUT2D eigenvalue weighted by molar-refractivity contribution is 0.159. The number of nitrogens with zero attached hydrogens (tertiary/aromatic N) is 3. The van der Waals surface area contributed by atoms with E-state index in [-0.39, 0.29) is 0 Å². The number of likely N-dealkylation sites (tertiary alicyclic amines) is 1. The molecule has 1 aromatic heterocycles. The number of hydrogen-bond acceptors (Lipinski definition) is 4. The molecule has 1 atom stereocenters. The summed E-state index contributed by atoms with van der Waals surface area (Å²) in [6, 6.07) is 2.72. The molecule has 0 radical (unpaired) electrons. The fourth-order valence-corrected chi connectivity index (χ4v) is 2.98. The average molecular weight is 321 g/mol. The fourth-order valence-electron chi connectivity index (χ4n) is 2.98. The Balaban J connectivity index is 1.62. The van der Waals surface area contributed by atoms with Gasteiger partial charge in [-0.15, -0.1) is 0 Å². The van der Waals surface area contributed by atoms with Crippen LogP contribution in [-0.2, 0) is 13.0 Å². The lowest BCUT2D eigenvalue weighted by Crippen LogP contribution is -2.41. The number of hydrogen-bond donors (Lipinski definition) is 2. The minimum atomic E-state index is 0.607. The summed E-state index contributed by atoms with van der Waals surface area (Å²) in [5.74, 6) is 1.65. The van der Waals surface area contributed by atoms with E-state index < -0.39 is 0 Å². The van der Waals surface area contributed by atoms with E-state index in [0.717, 1.165) is 49.4 Å². The van der Waals surface area contributed by atoms with Crippen LogP contribution in [0.25, 0.3) is 0 Å². The standard InChI is InChI=1S/C17H31N5O/c1-4-15-12-16(23-21-15)13-20-17(18-3)19-9-7-11-22-10-6-5-8-14(22)2/h12,14H,4-11,13H2,1-3H3,(H2,18,19,20). The number of guanidine groups is 1. The highest BCUT2D eigenvalue weighted by Gasteiger charge is 2.17. The van der Waals surface area contributed by atoms with E-state index in [0.29, 0.717) is 6.54 Å². The van der Waals surface area contributed by atoms with Gasteiger partial charge in [-0.25, -0.2) is 0 Å². The normalized spacial score (nSPS) is 19.8. The molecule has 1 aliphatic heterocycles. The number of aliphatic imine (C=N–C) groups is 1. The highest BCUT2D eigenvalue weighted by molar-refractivity contribution is 5.79. The Morgan fingerprint density at radius 3 is 3.00 bits per heavy atom. The molecule has 2 N–H and O–H groups in total. The smallest absolute Gasteiger partial charge is 0.191 e. The molecule has 1 saturated heterocycles. The first-order valence-electron chi connectivity index (χ1n) is 8.86. The van der Waals surface area contributed by atoms with Gasteiger partial charge in [0.2, 0.25) is 0 Å². The van der Waals surface area contributed by atoms with Crippen LogP contribution in [0.3, 0.4) is 0 Å². The molecule has 1 fully saturated rings. The molecule has 130 valence electrons. The highest BCUT2D eigenvalue weighted by Crippen LogP contribution is 2.16. The number of nitrogens with one attached hydrogen (secondary N) is 2. The molecule has 0 bridgehead atoms. The van der Waals surface area contributed by atoms with Crippen molar-refractivity contribution in [2.75, 3.05) is 26.7 Å². The van der Waals surface area contributed by atoms with Gasteiger partial charge in [0, 0.05) is 32.2 Å². The molecule has 2 rings (SSSR count). The summed E-state index contributed by atoms with van der Waals surface area (Å²) >= 11 is 0. The molecule has 0 saturated carbocycles. The summed E-state index contributed by atoms with van der Waals surface area (Å²) in [7, 11) is 1.79. The van der Waals surface area contributed by atoms with Crippen molar-refractivity contribution < 1.29 is 4.52 Å². The maximum Gasteiger partial charge on any atom is 0.191 e. The maximum absolute atomic E-state index is 5.27. The third-order valence-electron chi connectivity index (χ3n) is 4.48. The Kier molecular flexibility index (Phi) is 7.39. The summed E-state index contributed by atoms with van der Waals surface area (Å²) in [6.45, 7) is 8.36. The maximum atomic E-state index is 5.27. The molecule has 6 nitrogen and oxygen atoms in total. The van der Waals surface area contributed by atoms with Crippen LogP contribution in [0.5, 0.6) is 0 Å². The minimum absolute atomic E-state index is 0.607. The zero-order valence-corrected chi connectivity index (χ0v) is 14.8. The first kappa shape index (κ1) is 17.8. The molecule has 1 aliphatic rings. The number of piperidine rings is 1. The van der Waals surface area contributed by atoms with Crippen molar-refractivity contribution >= 4 is 5.96 Å². The quantitative estimate of drug-likeness (QED) is 0.458. The first-order chi connectivity index (χ1) is 11.2. The van der Waals surface area contributed by atoms with Crippen molar-refractivity contribution in [2.45, 2.75) is 58.5 Å². The third kappa shape index (κ3) is 5.86. The number of aryl methyl sites for hydroxylation is 1. The highest BCUT2D eigenvalue weighted by atomic mass is 16.5. The van der Waals surface area contributed by atoms with Crippen LogP contribution in [0.1, 0.15) is 51.0 Å². The van der Waals surface area contributed by atoms with Crippen molar-refractivity contribution in [1.82, 2.24) is 20.7 Å². The van der Waals surface area contributed by atoms with Gasteiger partial charge in [-0.3, -0.25) is 4.99 Å². The van der Waals surface area contributed by atoms with E-state index in [2.05, 4.69) is 39.5 Å². The average Bonchev–Trinajstić information content (AvgIpc) is 3.04. The Bertz CT molecular complexity index is 485. The van der Waals surface area contributed by atoms with E-state index in [1.807, 2.05) is 6.07 Å². The van der Waals surface area contributed by atoms with Crippen LogP contribution >= 0.6 is 0 Å². The lowest BCUT2D eigenvalue weighted by atomic mass is 10.0. The van der Waals surface area contributed by atoms with Gasteiger partial charge >= 0.3 is 0 Å². The fraction of sp³-hybridized carbons (Fsp3) is 0.765. The van der Waals surface area contributed by atoms with Gasteiger partial charge in [0.05, 0.1) is 12.2 Å². The van der Waals surface area contributed by atoms with E-state index in [1.165, 1.54) is 25.8 Å². The molecule has 1 unspecified atom stereocenters. The Morgan fingerprint density at radius 2 is 2.30 bits per heavy atom. The van der Waals surface area contributed by atoms with Gasteiger partial charge in [0.1, 0.15) is 0 Å². The van der Waals surface area contributed by atoms with E-state index in [9.17, 15) is 0 Å². The van der Waals surface area contributed by atoms with Gasteiger partial charge in [0.15, 0.2) is 11.7 Å². The second-order valence-corrected chi connectivity index (χ2v) is 6.22. The summed E-state index contributed by atoms with van der Waals surface area (Å²) in [5.41, 5.74) is 0.986. The second-order valence-electron chi connectivity index (χ2n) is 6.22. The number of rotatable bonds is 7. The molecule has 0 spiro atoms. The third-order valence-corrected chi connectivity index (χ3v) is 4.48. The molecule has 1 aromatic rings. The summed E-state index contributed by atoms with van der Waals surface area (Å²) in [4.78, 5) is 6.85.